The summed E-state index contributed by atoms with van der Waals surface area (Å²) in [5.74, 6) is 0. The van der Waals surface area contributed by atoms with E-state index in [1.165, 1.54) is 0 Å². The predicted octanol–water partition coefficient (Wildman–Crippen LogP) is -2.42. The Morgan fingerprint density at radius 1 is 1.36 bits per heavy atom. The molecule has 1 atom stereocenters. The molecule has 1 fully saturated rings. The van der Waals surface area contributed by atoms with Gasteiger partial charge in [-0.1, -0.05) is 19.3 Å². The zero-order valence-corrected chi connectivity index (χ0v) is 11.1. The van der Waals surface area contributed by atoms with Gasteiger partial charge in [-0.25, -0.2) is 0 Å². The van der Waals surface area contributed by atoms with Crippen molar-refractivity contribution in [3.8, 4) is 0 Å². The van der Waals surface area contributed by atoms with Crippen molar-refractivity contribution in [2.75, 3.05) is 0 Å². The number of hydrogen-bond donors (Lipinski definition) is 2. The average Bonchev–Trinajstić information content (AvgIpc) is 2.04. The van der Waals surface area contributed by atoms with Crippen molar-refractivity contribution in [1.82, 2.24) is 5.32 Å². The Kier molecular flexibility index (Phi) is 6.53. The fraction of sp³-hybridized carbons (Fsp3) is 0.857. The molecule has 76 valence electrons. The fourth-order valence-electron chi connectivity index (χ4n) is 1.50. The molecule has 0 radical (unpaired) electrons. The van der Waals surface area contributed by atoms with Crippen LogP contribution in [0.4, 0.5) is 4.79 Å². The summed E-state index contributed by atoms with van der Waals surface area (Å²) in [4.78, 5) is 29.6. The second-order valence-electron chi connectivity index (χ2n) is 3.30. The van der Waals surface area contributed by atoms with Gasteiger partial charge in [-0.15, -0.1) is 0 Å². The van der Waals surface area contributed by atoms with Crippen molar-refractivity contribution in [3.05, 3.63) is 0 Å². The SMILES string of the molecule is O=C(NC1CCCCC1)P(=O)([O-])O.[Na+]. The minimum Gasteiger partial charge on any atom is -0.772 e. The first-order chi connectivity index (χ1) is 6.00. The third kappa shape index (κ3) is 4.91. The summed E-state index contributed by atoms with van der Waals surface area (Å²) in [5, 5.41) is 2.29. The Labute approximate surface area is 105 Å². The molecule has 1 unspecified atom stereocenters. The molecule has 0 aliphatic heterocycles. The van der Waals surface area contributed by atoms with E-state index < -0.39 is 13.2 Å². The Morgan fingerprint density at radius 2 is 1.86 bits per heavy atom. The van der Waals surface area contributed by atoms with E-state index >= 15 is 0 Å². The molecule has 1 rings (SSSR count). The van der Waals surface area contributed by atoms with Crippen LogP contribution in [0.25, 0.3) is 0 Å². The fourth-order valence-corrected chi connectivity index (χ4v) is 1.85. The quantitative estimate of drug-likeness (QED) is 0.407. The molecule has 1 saturated carbocycles. The zero-order chi connectivity index (χ0) is 9.90. The van der Waals surface area contributed by atoms with E-state index in [2.05, 4.69) is 5.32 Å². The van der Waals surface area contributed by atoms with Crippen molar-refractivity contribution in [1.29, 1.82) is 0 Å². The van der Waals surface area contributed by atoms with Crippen LogP contribution in [0, 0.1) is 0 Å². The van der Waals surface area contributed by atoms with E-state index in [0.29, 0.717) is 0 Å². The molecule has 5 nitrogen and oxygen atoms in total. The standard InChI is InChI=1S/C7H14NO4P.Na/c9-7(13(10,11)12)8-6-4-2-1-3-5-6;/h6H,1-5H2,(H,8,9)(H2,10,11,12);/q;+1/p-1. The van der Waals surface area contributed by atoms with Gasteiger partial charge in [0.05, 0.1) is 0 Å². The summed E-state index contributed by atoms with van der Waals surface area (Å²) >= 11 is 0. The summed E-state index contributed by atoms with van der Waals surface area (Å²) in [7, 11) is -4.82. The first kappa shape index (κ1) is 14.6. The normalized spacial score (nSPS) is 21.9. The third-order valence-corrected chi connectivity index (χ3v) is 2.83. The van der Waals surface area contributed by atoms with Gasteiger partial charge in [0, 0.05) is 6.04 Å². The minimum absolute atomic E-state index is 0. The van der Waals surface area contributed by atoms with Crippen molar-refractivity contribution in [3.63, 3.8) is 0 Å². The van der Waals surface area contributed by atoms with Crippen molar-refractivity contribution < 1.29 is 48.7 Å². The summed E-state index contributed by atoms with van der Waals surface area (Å²) in [5.41, 5.74) is -1.25. The molecular formula is C7H13NNaO4P. The molecular weight excluding hydrogens is 216 g/mol. The van der Waals surface area contributed by atoms with E-state index in [1.807, 2.05) is 0 Å². The van der Waals surface area contributed by atoms with Crippen LogP contribution in [-0.4, -0.2) is 16.6 Å². The van der Waals surface area contributed by atoms with Gasteiger partial charge in [0.2, 0.25) is 7.60 Å². The molecule has 7 heteroatoms. The summed E-state index contributed by atoms with van der Waals surface area (Å²) in [6.07, 6.45) is 4.72. The molecule has 1 aliphatic carbocycles. The van der Waals surface area contributed by atoms with Crippen LogP contribution in [0.2, 0.25) is 0 Å². The van der Waals surface area contributed by atoms with Gasteiger partial charge in [-0.2, -0.15) is 0 Å². The molecule has 0 aromatic heterocycles. The third-order valence-electron chi connectivity index (χ3n) is 2.19. The van der Waals surface area contributed by atoms with E-state index in [1.54, 1.807) is 0 Å². The monoisotopic (exact) mass is 229 g/mol. The van der Waals surface area contributed by atoms with Crippen LogP contribution in [0.3, 0.4) is 0 Å². The summed E-state index contributed by atoms with van der Waals surface area (Å²) in [6.45, 7) is 0. The topological polar surface area (TPSA) is 89.5 Å². The largest absolute Gasteiger partial charge is 1.00 e. The van der Waals surface area contributed by atoms with Crippen LogP contribution in [0.1, 0.15) is 32.1 Å². The van der Waals surface area contributed by atoms with Gasteiger partial charge in [-0.3, -0.25) is 9.36 Å². The first-order valence-corrected chi connectivity index (χ1v) is 5.93. The second kappa shape index (κ2) is 6.26. The molecule has 14 heavy (non-hydrogen) atoms. The summed E-state index contributed by atoms with van der Waals surface area (Å²) in [6, 6.07) is -0.0873. The Bertz CT molecular complexity index is 236. The van der Waals surface area contributed by atoms with Gasteiger partial charge in [0.1, 0.15) is 0 Å². The number of rotatable bonds is 2. The molecule has 0 saturated heterocycles. The number of hydrogen-bond acceptors (Lipinski definition) is 3. The van der Waals surface area contributed by atoms with Crippen LogP contribution < -0.4 is 39.8 Å². The number of carbonyl (C=O) groups excluding carboxylic acids is 1. The second-order valence-corrected chi connectivity index (χ2v) is 4.75. The van der Waals surface area contributed by atoms with E-state index in [-0.39, 0.29) is 35.6 Å². The van der Waals surface area contributed by atoms with Gasteiger partial charge < -0.3 is 15.1 Å². The average molecular weight is 229 g/mol. The van der Waals surface area contributed by atoms with Crippen LogP contribution in [-0.2, 0) is 4.57 Å². The molecule has 0 aromatic rings. The van der Waals surface area contributed by atoms with Gasteiger partial charge in [0.15, 0.2) is 0 Å². The predicted molar refractivity (Wildman–Crippen MR) is 45.2 cm³/mol. The van der Waals surface area contributed by atoms with E-state index in [9.17, 15) is 14.3 Å². The molecule has 1 amide bonds. The van der Waals surface area contributed by atoms with Gasteiger partial charge in [0.25, 0.3) is 5.65 Å². The van der Waals surface area contributed by atoms with E-state index in [4.69, 9.17) is 4.89 Å². The smallest absolute Gasteiger partial charge is 0.772 e. The summed E-state index contributed by atoms with van der Waals surface area (Å²) < 4.78 is 10.4. The van der Waals surface area contributed by atoms with Crippen molar-refractivity contribution >= 4 is 13.2 Å². The number of carbonyl (C=O) groups is 1. The maximum Gasteiger partial charge on any atom is 1.00 e. The molecule has 0 bridgehead atoms. The maximum atomic E-state index is 10.8. The number of nitrogens with one attached hydrogen (secondary N) is 1. The Hall–Kier alpha value is 0.620. The maximum absolute atomic E-state index is 10.8. The van der Waals surface area contributed by atoms with E-state index in [0.717, 1.165) is 32.1 Å². The molecule has 0 heterocycles. The first-order valence-electron chi connectivity index (χ1n) is 4.35. The van der Waals surface area contributed by atoms with Crippen LogP contribution in [0.5, 0.6) is 0 Å². The Morgan fingerprint density at radius 3 is 2.29 bits per heavy atom. The van der Waals surface area contributed by atoms with Crippen molar-refractivity contribution in [2.45, 2.75) is 38.1 Å². The Balaban J connectivity index is 0.00000169. The molecule has 0 spiro atoms. The van der Waals surface area contributed by atoms with Gasteiger partial charge in [-0.05, 0) is 12.8 Å². The molecule has 2 N–H and O–H groups in total. The van der Waals surface area contributed by atoms with Crippen molar-refractivity contribution in [2.24, 2.45) is 0 Å². The van der Waals surface area contributed by atoms with Crippen LogP contribution in [0.15, 0.2) is 0 Å². The van der Waals surface area contributed by atoms with Gasteiger partial charge >= 0.3 is 29.6 Å². The number of amides is 1. The molecule has 0 aromatic carbocycles. The van der Waals surface area contributed by atoms with Crippen LogP contribution >= 0.6 is 7.60 Å². The minimum atomic E-state index is -4.82. The molecule has 1 aliphatic rings. The zero-order valence-electron chi connectivity index (χ0n) is 8.23.